The standard InChI is InChI=1S/CH4BClO2/c3-1-5-2-4/h2,4H,1H2. The fourth-order valence-electron chi connectivity index (χ4n) is 0.0345. The molecule has 1 N–H and O–H groups in total. The Morgan fingerprint density at radius 2 is 2.60 bits per heavy atom. The molecule has 0 bridgehead atoms. The van der Waals surface area contributed by atoms with E-state index in [4.69, 9.17) is 16.6 Å². The first-order valence-electron chi connectivity index (χ1n) is 1.16. The maximum atomic E-state index is 7.76. The van der Waals surface area contributed by atoms with Crippen molar-refractivity contribution in [2.24, 2.45) is 0 Å². The second kappa shape index (κ2) is 4.27. The van der Waals surface area contributed by atoms with Crippen LogP contribution in [0.25, 0.3) is 0 Å². The van der Waals surface area contributed by atoms with Crippen molar-refractivity contribution in [3.8, 4) is 0 Å². The van der Waals surface area contributed by atoms with E-state index in [-0.39, 0.29) is 13.8 Å². The van der Waals surface area contributed by atoms with E-state index in [2.05, 4.69) is 4.65 Å². The lowest BCUT2D eigenvalue weighted by atomic mass is 10.4. The lowest BCUT2D eigenvalue weighted by Gasteiger charge is -1.81. The molecule has 30 valence electrons. The SMILES string of the molecule is OBOCCl. The van der Waals surface area contributed by atoms with Crippen molar-refractivity contribution in [2.75, 3.05) is 6.07 Å². The molecule has 0 atom stereocenters. The van der Waals surface area contributed by atoms with Gasteiger partial charge in [-0.2, -0.15) is 0 Å². The van der Waals surface area contributed by atoms with Gasteiger partial charge in [0.25, 0.3) is 0 Å². The zero-order valence-corrected chi connectivity index (χ0v) is 3.40. The van der Waals surface area contributed by atoms with Crippen molar-refractivity contribution in [1.82, 2.24) is 0 Å². The van der Waals surface area contributed by atoms with Gasteiger partial charge in [0.2, 0.25) is 0 Å². The predicted molar refractivity (Wildman–Crippen MR) is 21.2 cm³/mol. The zero-order valence-electron chi connectivity index (χ0n) is 2.65. The fraction of sp³-hybridized carbons (Fsp3) is 1.00. The first-order chi connectivity index (χ1) is 2.41. The first kappa shape index (κ1) is 5.27. The molecule has 5 heavy (non-hydrogen) atoms. The van der Waals surface area contributed by atoms with Crippen LogP contribution >= 0.6 is 11.6 Å². The molecule has 0 saturated heterocycles. The average molecular weight is 94.3 g/mol. The highest BCUT2D eigenvalue weighted by molar-refractivity contribution is 6.21. The van der Waals surface area contributed by atoms with Crippen LogP contribution in [0.4, 0.5) is 0 Å². The molecule has 2 nitrogen and oxygen atoms in total. The van der Waals surface area contributed by atoms with Gasteiger partial charge in [-0.1, -0.05) is 11.6 Å². The largest absolute Gasteiger partial charge is 0.436 e. The molecule has 0 aromatic rings. The maximum Gasteiger partial charge on any atom is 0.436 e. The summed E-state index contributed by atoms with van der Waals surface area (Å²) >= 11 is 4.92. The average Bonchev–Trinajstić information content (AvgIpc) is 1.41. The van der Waals surface area contributed by atoms with E-state index in [1.807, 2.05) is 0 Å². The summed E-state index contributed by atoms with van der Waals surface area (Å²) in [6, 6.07) is 0.0660. The number of halogens is 1. The van der Waals surface area contributed by atoms with E-state index < -0.39 is 0 Å². The van der Waals surface area contributed by atoms with Crippen LogP contribution in [0.2, 0.25) is 0 Å². The van der Waals surface area contributed by atoms with Crippen molar-refractivity contribution in [3.63, 3.8) is 0 Å². The van der Waals surface area contributed by atoms with Crippen LogP contribution in [0.1, 0.15) is 0 Å². The van der Waals surface area contributed by atoms with E-state index >= 15 is 0 Å². The molecule has 0 aliphatic carbocycles. The molecule has 0 aromatic carbocycles. The van der Waals surface area contributed by atoms with Gasteiger partial charge in [-0.3, -0.25) is 0 Å². The minimum Gasteiger partial charge on any atom is -0.430 e. The summed E-state index contributed by atoms with van der Waals surface area (Å²) in [6.45, 7) is 0. The van der Waals surface area contributed by atoms with Crippen LogP contribution in [0.5, 0.6) is 0 Å². The normalized spacial score (nSPS) is 7.60. The summed E-state index contributed by atoms with van der Waals surface area (Å²) in [6.07, 6.45) is 0. The minimum atomic E-state index is -0.288. The molecule has 0 unspecified atom stereocenters. The summed E-state index contributed by atoms with van der Waals surface area (Å²) in [5.74, 6) is 0. The topological polar surface area (TPSA) is 29.5 Å². The monoisotopic (exact) mass is 94.0 g/mol. The van der Waals surface area contributed by atoms with Crippen LogP contribution in [-0.4, -0.2) is 18.8 Å². The van der Waals surface area contributed by atoms with E-state index in [9.17, 15) is 0 Å². The summed E-state index contributed by atoms with van der Waals surface area (Å²) in [7, 11) is -0.288. The highest BCUT2D eigenvalue weighted by Crippen LogP contribution is 1.69. The van der Waals surface area contributed by atoms with E-state index in [1.54, 1.807) is 0 Å². The molecular formula is CH4BClO2. The summed E-state index contributed by atoms with van der Waals surface area (Å²) in [5, 5.41) is 7.76. The van der Waals surface area contributed by atoms with E-state index in [0.717, 1.165) is 0 Å². The zero-order chi connectivity index (χ0) is 4.12. The molecule has 0 spiro atoms. The van der Waals surface area contributed by atoms with Crippen molar-refractivity contribution < 1.29 is 9.68 Å². The molecule has 0 aliphatic heterocycles. The van der Waals surface area contributed by atoms with Gasteiger partial charge in [0, 0.05) is 0 Å². The quantitative estimate of drug-likeness (QED) is 0.368. The lowest BCUT2D eigenvalue weighted by Crippen LogP contribution is -1.91. The van der Waals surface area contributed by atoms with Gasteiger partial charge >= 0.3 is 7.69 Å². The second-order valence-corrected chi connectivity index (χ2v) is 0.661. The number of hydrogen-bond acceptors (Lipinski definition) is 2. The molecule has 0 aliphatic rings. The second-order valence-electron chi connectivity index (χ2n) is 0.442. The minimum absolute atomic E-state index is 0.0660. The summed E-state index contributed by atoms with van der Waals surface area (Å²) < 4.78 is 4.15. The molecule has 0 radical (unpaired) electrons. The molecule has 0 aromatic heterocycles. The molecule has 0 fully saturated rings. The highest BCUT2D eigenvalue weighted by Gasteiger charge is 1.73. The Morgan fingerprint density at radius 1 is 2.00 bits per heavy atom. The Balaban J connectivity index is 2.19. The van der Waals surface area contributed by atoms with Gasteiger partial charge in [-0.25, -0.2) is 0 Å². The van der Waals surface area contributed by atoms with Crippen LogP contribution in [-0.2, 0) is 4.65 Å². The predicted octanol–water partition coefficient (Wildman–Crippen LogP) is -0.542. The van der Waals surface area contributed by atoms with Crippen LogP contribution in [0.3, 0.4) is 0 Å². The van der Waals surface area contributed by atoms with Crippen LogP contribution < -0.4 is 0 Å². The van der Waals surface area contributed by atoms with Crippen molar-refractivity contribution >= 4 is 19.3 Å². The van der Waals surface area contributed by atoms with Gasteiger partial charge < -0.3 is 9.68 Å². The molecule has 0 saturated carbocycles. The van der Waals surface area contributed by atoms with Gasteiger partial charge in [-0.05, 0) is 0 Å². The lowest BCUT2D eigenvalue weighted by molar-refractivity contribution is 0.340. The Kier molecular flexibility index (Phi) is 4.51. The molecular weight excluding hydrogens is 90.3 g/mol. The summed E-state index contributed by atoms with van der Waals surface area (Å²) in [5.41, 5.74) is 0. The van der Waals surface area contributed by atoms with E-state index in [0.29, 0.717) is 0 Å². The van der Waals surface area contributed by atoms with Crippen molar-refractivity contribution in [1.29, 1.82) is 0 Å². The Labute approximate surface area is 36.0 Å². The first-order valence-corrected chi connectivity index (χ1v) is 1.70. The molecule has 0 amide bonds. The van der Waals surface area contributed by atoms with Gasteiger partial charge in [0.1, 0.15) is 6.07 Å². The third kappa shape index (κ3) is 4.27. The van der Waals surface area contributed by atoms with E-state index in [1.165, 1.54) is 0 Å². The summed E-state index contributed by atoms with van der Waals surface area (Å²) in [4.78, 5) is 0. The Morgan fingerprint density at radius 3 is 2.60 bits per heavy atom. The smallest absolute Gasteiger partial charge is 0.430 e. The maximum absolute atomic E-state index is 7.76. The van der Waals surface area contributed by atoms with Crippen LogP contribution in [0, 0.1) is 0 Å². The number of rotatable bonds is 2. The highest BCUT2D eigenvalue weighted by atomic mass is 35.5. The molecule has 4 heteroatoms. The third-order valence-electron chi connectivity index (χ3n) is 0.168. The van der Waals surface area contributed by atoms with Gasteiger partial charge in [0.05, 0.1) is 0 Å². The van der Waals surface area contributed by atoms with Crippen molar-refractivity contribution in [2.45, 2.75) is 0 Å². The molecule has 0 rings (SSSR count). The number of hydrogen-bond donors (Lipinski definition) is 1. The fourth-order valence-corrected chi connectivity index (χ4v) is 0.104. The van der Waals surface area contributed by atoms with Crippen LogP contribution in [0.15, 0.2) is 0 Å². The van der Waals surface area contributed by atoms with Gasteiger partial charge in [0.15, 0.2) is 0 Å². The Hall–Kier alpha value is 0.275. The van der Waals surface area contributed by atoms with Crippen molar-refractivity contribution in [3.05, 3.63) is 0 Å². The molecule has 0 heterocycles. The Bertz CT molecular complexity index is 17.1. The number of alkyl halides is 1. The van der Waals surface area contributed by atoms with Gasteiger partial charge in [-0.15, -0.1) is 0 Å². The third-order valence-corrected chi connectivity index (χ3v) is 0.323.